The highest BCUT2D eigenvalue weighted by Crippen LogP contribution is 2.41. The number of hydrogen-bond donors (Lipinski definition) is 1. The van der Waals surface area contributed by atoms with E-state index in [0.717, 1.165) is 66.4 Å². The Morgan fingerprint density at radius 3 is 2.58 bits per heavy atom. The van der Waals surface area contributed by atoms with Crippen molar-refractivity contribution >= 4 is 51.1 Å². The molecule has 1 saturated heterocycles. The van der Waals surface area contributed by atoms with E-state index in [0.29, 0.717) is 23.1 Å². The molecule has 0 bridgehead atoms. The van der Waals surface area contributed by atoms with Crippen LogP contribution in [0.2, 0.25) is 0 Å². The van der Waals surface area contributed by atoms with E-state index in [-0.39, 0.29) is 5.91 Å². The van der Waals surface area contributed by atoms with Crippen molar-refractivity contribution < 1.29 is 9.53 Å². The van der Waals surface area contributed by atoms with Crippen LogP contribution in [-0.4, -0.2) is 105 Å². The number of nitrogens with zero attached hydrogens (tertiary/aromatic N) is 8. The van der Waals surface area contributed by atoms with Gasteiger partial charge in [0.05, 0.1) is 24.0 Å². The molecule has 0 atom stereocenters. The average Bonchev–Trinajstić information content (AvgIpc) is 3.30. The molecule has 0 spiro atoms. The number of likely N-dealkylation sites (N-methyl/N-ethyl adjacent to an activating group) is 1. The maximum atomic E-state index is 13.0. The first-order valence-electron chi connectivity index (χ1n) is 12.7. The Balaban J connectivity index is 1.34. The SMILES string of the molecule is COc1cc(N2CCN(CCN(C)C)CC2)ccc1Nc1ncc2c(n1)N(C)c1sc(C)nc1C(=O)N2C. The molecule has 4 heterocycles. The average molecular weight is 538 g/mol. The largest absolute Gasteiger partial charge is 0.494 e. The summed E-state index contributed by atoms with van der Waals surface area (Å²) in [6, 6.07) is 6.17. The van der Waals surface area contributed by atoms with Gasteiger partial charge in [-0.3, -0.25) is 9.69 Å². The van der Waals surface area contributed by atoms with Crippen molar-refractivity contribution in [2.45, 2.75) is 6.92 Å². The number of nitrogens with one attached hydrogen (secondary N) is 1. The first kappa shape index (κ1) is 26.1. The predicted octanol–water partition coefficient (Wildman–Crippen LogP) is 3.04. The zero-order chi connectivity index (χ0) is 27.0. The molecule has 3 aromatic rings. The number of aryl methyl sites for hydroxylation is 1. The maximum absolute atomic E-state index is 13.0. The Morgan fingerprint density at radius 2 is 1.87 bits per heavy atom. The van der Waals surface area contributed by atoms with Crippen molar-refractivity contribution in [1.82, 2.24) is 24.8 Å². The van der Waals surface area contributed by atoms with E-state index >= 15 is 0 Å². The minimum Gasteiger partial charge on any atom is -0.494 e. The molecule has 1 amide bonds. The number of ether oxygens (including phenoxy) is 1. The lowest BCUT2D eigenvalue weighted by molar-refractivity contribution is 0.0990. The molecule has 12 heteroatoms. The van der Waals surface area contributed by atoms with Gasteiger partial charge in [0.25, 0.3) is 5.91 Å². The van der Waals surface area contributed by atoms with Gasteiger partial charge < -0.3 is 29.7 Å². The number of anilines is 6. The van der Waals surface area contributed by atoms with E-state index < -0.39 is 0 Å². The van der Waals surface area contributed by atoms with Crippen molar-refractivity contribution in [3.63, 3.8) is 0 Å². The minimum atomic E-state index is -0.171. The van der Waals surface area contributed by atoms with Gasteiger partial charge in [-0.15, -0.1) is 11.3 Å². The number of amides is 1. The van der Waals surface area contributed by atoms with Gasteiger partial charge in [0, 0.05) is 65.1 Å². The number of thiazole rings is 1. The topological polar surface area (TPSA) is 93.2 Å². The van der Waals surface area contributed by atoms with Crippen molar-refractivity contribution in [3.05, 3.63) is 35.1 Å². The molecule has 202 valence electrons. The highest BCUT2D eigenvalue weighted by molar-refractivity contribution is 7.16. The predicted molar refractivity (Wildman–Crippen MR) is 153 cm³/mol. The Morgan fingerprint density at radius 1 is 1.11 bits per heavy atom. The second-order valence-electron chi connectivity index (χ2n) is 9.85. The molecule has 38 heavy (non-hydrogen) atoms. The number of carbonyl (C=O) groups is 1. The van der Waals surface area contributed by atoms with Gasteiger partial charge in [-0.25, -0.2) is 9.97 Å². The van der Waals surface area contributed by atoms with Gasteiger partial charge in [0.15, 0.2) is 11.5 Å². The summed E-state index contributed by atoms with van der Waals surface area (Å²) in [6.07, 6.45) is 1.67. The normalized spacial score (nSPS) is 16.0. The zero-order valence-corrected chi connectivity index (χ0v) is 23.7. The fourth-order valence-electron chi connectivity index (χ4n) is 4.73. The summed E-state index contributed by atoms with van der Waals surface area (Å²) in [5.41, 5.74) is 2.96. The summed E-state index contributed by atoms with van der Waals surface area (Å²) >= 11 is 1.47. The van der Waals surface area contributed by atoms with Gasteiger partial charge in [-0.2, -0.15) is 4.98 Å². The monoisotopic (exact) mass is 537 g/mol. The second-order valence-corrected chi connectivity index (χ2v) is 11.0. The molecule has 11 nitrogen and oxygen atoms in total. The molecule has 0 saturated carbocycles. The molecular weight excluding hydrogens is 502 g/mol. The number of aromatic nitrogens is 3. The van der Waals surface area contributed by atoms with Crippen LogP contribution >= 0.6 is 11.3 Å². The summed E-state index contributed by atoms with van der Waals surface area (Å²) in [5.74, 6) is 1.59. The Bertz CT molecular complexity index is 1320. The molecule has 2 aliphatic heterocycles. The van der Waals surface area contributed by atoms with Crippen LogP contribution in [0.5, 0.6) is 5.75 Å². The van der Waals surface area contributed by atoms with Gasteiger partial charge in [-0.05, 0) is 33.2 Å². The van der Waals surface area contributed by atoms with Crippen LogP contribution in [0.15, 0.2) is 24.4 Å². The van der Waals surface area contributed by atoms with Crippen molar-refractivity contribution in [2.75, 3.05) is 94.6 Å². The smallest absolute Gasteiger partial charge is 0.279 e. The van der Waals surface area contributed by atoms with Crippen molar-refractivity contribution in [3.8, 4) is 5.75 Å². The quantitative estimate of drug-likeness (QED) is 0.485. The molecule has 1 fully saturated rings. The molecule has 5 rings (SSSR count). The summed E-state index contributed by atoms with van der Waals surface area (Å²) < 4.78 is 5.74. The summed E-state index contributed by atoms with van der Waals surface area (Å²) in [6.45, 7) is 8.12. The van der Waals surface area contributed by atoms with E-state index in [9.17, 15) is 4.79 Å². The van der Waals surface area contributed by atoms with E-state index in [4.69, 9.17) is 9.72 Å². The van der Waals surface area contributed by atoms with Crippen LogP contribution in [0.3, 0.4) is 0 Å². The summed E-state index contributed by atoms with van der Waals surface area (Å²) in [5, 5.41) is 4.92. The maximum Gasteiger partial charge on any atom is 0.279 e. The van der Waals surface area contributed by atoms with E-state index in [1.807, 2.05) is 24.9 Å². The number of methoxy groups -OCH3 is 1. The highest BCUT2D eigenvalue weighted by atomic mass is 32.1. The van der Waals surface area contributed by atoms with Crippen molar-refractivity contribution in [1.29, 1.82) is 0 Å². The van der Waals surface area contributed by atoms with Gasteiger partial charge in [0.2, 0.25) is 5.95 Å². The molecule has 0 unspecified atom stereocenters. The number of hydrogen-bond acceptors (Lipinski definition) is 11. The van der Waals surface area contributed by atoms with Crippen LogP contribution in [0.4, 0.5) is 33.8 Å². The van der Waals surface area contributed by atoms with E-state index in [1.54, 1.807) is 25.3 Å². The fourth-order valence-corrected chi connectivity index (χ4v) is 5.60. The van der Waals surface area contributed by atoms with Gasteiger partial charge in [-0.1, -0.05) is 0 Å². The number of piperazine rings is 1. The third-order valence-electron chi connectivity index (χ3n) is 6.99. The van der Waals surface area contributed by atoms with E-state index in [2.05, 4.69) is 56.2 Å². The number of fused-ring (bicyclic) bond motifs is 2. The highest BCUT2D eigenvalue weighted by Gasteiger charge is 2.32. The fraction of sp³-hybridized carbons (Fsp3) is 0.462. The Hall–Kier alpha value is -3.48. The third kappa shape index (κ3) is 5.11. The lowest BCUT2D eigenvalue weighted by atomic mass is 10.2. The molecule has 2 aliphatic rings. The van der Waals surface area contributed by atoms with Crippen LogP contribution < -0.4 is 24.8 Å². The first-order valence-corrected chi connectivity index (χ1v) is 13.5. The molecule has 1 N–H and O–H groups in total. The molecule has 2 aromatic heterocycles. The van der Waals surface area contributed by atoms with Crippen LogP contribution in [0.25, 0.3) is 0 Å². The zero-order valence-electron chi connectivity index (χ0n) is 22.9. The lowest BCUT2D eigenvalue weighted by Gasteiger charge is -2.36. The molecule has 1 aromatic carbocycles. The molecular formula is C26H35N9O2S. The second kappa shape index (κ2) is 10.7. The first-order chi connectivity index (χ1) is 18.2. The van der Waals surface area contributed by atoms with Crippen LogP contribution in [0.1, 0.15) is 15.5 Å². The standard InChI is InChI=1S/C26H35N9O2S/c1-17-28-22-24(36)32(4)20-16-27-26(30-23(20)33(5)25(22)38-17)29-19-8-7-18(15-21(19)37-6)35-13-11-34(12-14-35)10-9-31(2)3/h7-8,15-16H,9-14H2,1-6H3,(H,27,29,30). The van der Waals surface area contributed by atoms with Crippen LogP contribution in [-0.2, 0) is 0 Å². The number of benzene rings is 1. The molecule has 0 aliphatic carbocycles. The van der Waals surface area contributed by atoms with Gasteiger partial charge >= 0.3 is 0 Å². The van der Waals surface area contributed by atoms with E-state index in [1.165, 1.54) is 11.3 Å². The summed E-state index contributed by atoms with van der Waals surface area (Å²) in [7, 11) is 9.52. The lowest BCUT2D eigenvalue weighted by Crippen LogP contribution is -2.48. The number of carbonyl (C=O) groups excluding carboxylic acids is 1. The number of rotatable bonds is 7. The minimum absolute atomic E-state index is 0.171. The van der Waals surface area contributed by atoms with Crippen molar-refractivity contribution in [2.24, 2.45) is 0 Å². The Labute approximate surface area is 227 Å². The van der Waals surface area contributed by atoms with Gasteiger partial charge in [0.1, 0.15) is 16.4 Å². The summed E-state index contributed by atoms with van der Waals surface area (Å²) in [4.78, 5) is 37.3. The van der Waals surface area contributed by atoms with Crippen LogP contribution in [0, 0.1) is 6.92 Å². The molecule has 0 radical (unpaired) electrons. The Kier molecular flexibility index (Phi) is 7.37. The third-order valence-corrected chi connectivity index (χ3v) is 8.04.